The van der Waals surface area contributed by atoms with Crippen LogP contribution in [0.4, 0.5) is 5.69 Å². The van der Waals surface area contributed by atoms with Crippen molar-refractivity contribution >= 4 is 28.9 Å². The van der Waals surface area contributed by atoms with Gasteiger partial charge in [-0.05, 0) is 35.4 Å². The van der Waals surface area contributed by atoms with E-state index in [9.17, 15) is 0 Å². The molecule has 0 aliphatic carbocycles. The number of fused-ring (bicyclic) bond motifs is 1. The van der Waals surface area contributed by atoms with Gasteiger partial charge in [0.15, 0.2) is 0 Å². The monoisotopic (exact) mass is 412 g/mol. The van der Waals surface area contributed by atoms with Gasteiger partial charge in [0, 0.05) is 30.9 Å². The summed E-state index contributed by atoms with van der Waals surface area (Å²) in [4.78, 5) is 2.43. The summed E-state index contributed by atoms with van der Waals surface area (Å²) in [7, 11) is 1.71. The molecule has 29 heavy (non-hydrogen) atoms. The average Bonchev–Trinajstić information content (AvgIpc) is 2.77. The van der Waals surface area contributed by atoms with Crippen molar-refractivity contribution in [2.45, 2.75) is 19.0 Å². The van der Waals surface area contributed by atoms with Crippen molar-refractivity contribution in [2.75, 3.05) is 38.3 Å². The van der Waals surface area contributed by atoms with Crippen LogP contribution in [0.3, 0.4) is 0 Å². The molecule has 3 aromatic carbocycles. The molecule has 1 unspecified atom stereocenters. The maximum atomic E-state index is 5.79. The summed E-state index contributed by atoms with van der Waals surface area (Å²) in [6.07, 6.45) is 0. The molecule has 1 fully saturated rings. The normalized spacial score (nSPS) is 17.6. The number of halogens is 1. The second-order valence-electron chi connectivity index (χ2n) is 7.32. The fourth-order valence-corrected chi connectivity index (χ4v) is 4.00. The predicted molar refractivity (Wildman–Crippen MR) is 123 cm³/mol. The number of anilines is 1. The molecule has 0 radical (unpaired) electrons. The zero-order chi connectivity index (χ0) is 19.3. The number of methoxy groups -OCH3 is 1. The minimum Gasteiger partial charge on any atom is -0.497 e. The fraction of sp³-hybridized carbons (Fsp3) is 0.333. The van der Waals surface area contributed by atoms with Gasteiger partial charge in [-0.25, -0.2) is 0 Å². The zero-order valence-electron chi connectivity index (χ0n) is 17.0. The molecule has 4 nitrogen and oxygen atoms in total. The van der Waals surface area contributed by atoms with Crippen molar-refractivity contribution in [3.8, 4) is 5.75 Å². The van der Waals surface area contributed by atoms with Crippen molar-refractivity contribution in [1.82, 2.24) is 5.32 Å². The molecule has 2 atom stereocenters. The molecule has 154 valence electrons. The lowest BCUT2D eigenvalue weighted by Gasteiger charge is -2.38. The van der Waals surface area contributed by atoms with Crippen molar-refractivity contribution in [2.24, 2.45) is 0 Å². The summed E-state index contributed by atoms with van der Waals surface area (Å²) >= 11 is 0. The first-order chi connectivity index (χ1) is 13.8. The Kier molecular flexibility index (Phi) is 7.37. The third-order valence-electron chi connectivity index (χ3n) is 5.56. The first kappa shape index (κ1) is 21.4. The van der Waals surface area contributed by atoms with Crippen LogP contribution in [0.2, 0.25) is 0 Å². The third-order valence-corrected chi connectivity index (χ3v) is 5.56. The van der Waals surface area contributed by atoms with Crippen LogP contribution in [-0.2, 0) is 4.74 Å². The SMILES string of the molecule is COc1cccc(N2CCOCC2CN[C@H](C)c2cccc3ccccc23)c1.Cl. The standard InChI is InChI=1S/C24H28N2O2.ClH/c1-18(23-12-5-8-19-7-3-4-11-24(19)23)25-16-21-17-28-14-13-26(21)20-9-6-10-22(15-20)27-2;/h3-12,15,18,21,25H,13-14,16-17H2,1-2H3;1H/t18-,21?;/m1./s1. The van der Waals surface area contributed by atoms with E-state index in [0.29, 0.717) is 6.04 Å². The molecule has 1 N–H and O–H groups in total. The Morgan fingerprint density at radius 1 is 1.10 bits per heavy atom. The van der Waals surface area contributed by atoms with Crippen LogP contribution in [0.1, 0.15) is 18.5 Å². The Bertz CT molecular complexity index is 928. The van der Waals surface area contributed by atoms with Crippen LogP contribution >= 0.6 is 12.4 Å². The van der Waals surface area contributed by atoms with Gasteiger partial charge in [-0.3, -0.25) is 0 Å². The molecule has 1 aliphatic heterocycles. The smallest absolute Gasteiger partial charge is 0.120 e. The number of nitrogens with one attached hydrogen (secondary N) is 1. The summed E-state index contributed by atoms with van der Waals surface area (Å²) in [5.41, 5.74) is 2.52. The number of hydrogen-bond acceptors (Lipinski definition) is 4. The Labute approximate surface area is 179 Å². The van der Waals surface area contributed by atoms with E-state index < -0.39 is 0 Å². The number of ether oxygens (including phenoxy) is 2. The second kappa shape index (κ2) is 9.97. The second-order valence-corrected chi connectivity index (χ2v) is 7.32. The molecule has 0 saturated carbocycles. The Morgan fingerprint density at radius 2 is 1.90 bits per heavy atom. The van der Waals surface area contributed by atoms with Gasteiger partial charge in [0.05, 0.1) is 26.4 Å². The van der Waals surface area contributed by atoms with Gasteiger partial charge in [-0.2, -0.15) is 0 Å². The maximum Gasteiger partial charge on any atom is 0.120 e. The van der Waals surface area contributed by atoms with Crippen molar-refractivity contribution in [1.29, 1.82) is 0 Å². The molecule has 5 heteroatoms. The van der Waals surface area contributed by atoms with Crippen LogP contribution in [0.25, 0.3) is 10.8 Å². The maximum absolute atomic E-state index is 5.79. The van der Waals surface area contributed by atoms with Gasteiger partial charge in [-0.15, -0.1) is 12.4 Å². The average molecular weight is 413 g/mol. The van der Waals surface area contributed by atoms with E-state index in [1.165, 1.54) is 22.0 Å². The quantitative estimate of drug-likeness (QED) is 0.629. The highest BCUT2D eigenvalue weighted by Gasteiger charge is 2.24. The zero-order valence-corrected chi connectivity index (χ0v) is 17.8. The molecule has 0 aromatic heterocycles. The lowest BCUT2D eigenvalue weighted by atomic mass is 9.99. The van der Waals surface area contributed by atoms with E-state index in [1.807, 2.05) is 12.1 Å². The first-order valence-electron chi connectivity index (χ1n) is 9.96. The van der Waals surface area contributed by atoms with Crippen LogP contribution in [-0.4, -0.2) is 39.5 Å². The van der Waals surface area contributed by atoms with Crippen molar-refractivity contribution in [3.63, 3.8) is 0 Å². The molecule has 0 amide bonds. The molecule has 3 aromatic rings. The van der Waals surface area contributed by atoms with Crippen LogP contribution in [0.15, 0.2) is 66.7 Å². The van der Waals surface area contributed by atoms with Crippen LogP contribution in [0, 0.1) is 0 Å². The lowest BCUT2D eigenvalue weighted by molar-refractivity contribution is 0.0930. The highest BCUT2D eigenvalue weighted by atomic mass is 35.5. The summed E-state index contributed by atoms with van der Waals surface area (Å²) in [6.45, 7) is 5.48. The highest BCUT2D eigenvalue weighted by molar-refractivity contribution is 5.86. The lowest BCUT2D eigenvalue weighted by Crippen LogP contribution is -2.50. The number of nitrogens with zero attached hydrogens (tertiary/aromatic N) is 1. The Balaban J connectivity index is 0.00000240. The number of benzene rings is 3. The fourth-order valence-electron chi connectivity index (χ4n) is 4.00. The Morgan fingerprint density at radius 3 is 2.76 bits per heavy atom. The topological polar surface area (TPSA) is 33.7 Å². The molecule has 1 heterocycles. The number of morpholine rings is 1. The third kappa shape index (κ3) is 4.84. The van der Waals surface area contributed by atoms with Gasteiger partial charge < -0.3 is 19.7 Å². The van der Waals surface area contributed by atoms with E-state index in [2.05, 4.69) is 71.7 Å². The number of rotatable bonds is 6. The van der Waals surface area contributed by atoms with Crippen LogP contribution in [0.5, 0.6) is 5.75 Å². The largest absolute Gasteiger partial charge is 0.497 e. The van der Waals surface area contributed by atoms with Gasteiger partial charge >= 0.3 is 0 Å². The summed E-state index contributed by atoms with van der Waals surface area (Å²) in [5.74, 6) is 0.889. The first-order valence-corrected chi connectivity index (χ1v) is 9.96. The molecule has 0 bridgehead atoms. The van der Waals surface area contributed by atoms with Crippen molar-refractivity contribution < 1.29 is 9.47 Å². The Hall–Kier alpha value is -2.27. The molecular weight excluding hydrogens is 384 g/mol. The van der Waals surface area contributed by atoms with Gasteiger partial charge in [0.1, 0.15) is 5.75 Å². The summed E-state index contributed by atoms with van der Waals surface area (Å²) in [5, 5.41) is 6.34. The van der Waals surface area contributed by atoms with E-state index >= 15 is 0 Å². The highest BCUT2D eigenvalue weighted by Crippen LogP contribution is 2.26. The number of hydrogen-bond donors (Lipinski definition) is 1. The summed E-state index contributed by atoms with van der Waals surface area (Å²) in [6, 6.07) is 23.9. The van der Waals surface area contributed by atoms with E-state index in [0.717, 1.165) is 32.1 Å². The predicted octanol–water partition coefficient (Wildman–Crippen LogP) is 4.83. The van der Waals surface area contributed by atoms with E-state index in [4.69, 9.17) is 9.47 Å². The molecule has 1 saturated heterocycles. The van der Waals surface area contributed by atoms with Crippen LogP contribution < -0.4 is 15.0 Å². The van der Waals surface area contributed by atoms with Gasteiger partial charge in [0.2, 0.25) is 0 Å². The molecule has 4 rings (SSSR count). The van der Waals surface area contributed by atoms with E-state index in [1.54, 1.807) is 7.11 Å². The van der Waals surface area contributed by atoms with Crippen molar-refractivity contribution in [3.05, 3.63) is 72.3 Å². The van der Waals surface area contributed by atoms with Gasteiger partial charge in [0.25, 0.3) is 0 Å². The minimum absolute atomic E-state index is 0. The van der Waals surface area contributed by atoms with E-state index in [-0.39, 0.29) is 18.4 Å². The molecular formula is C24H29ClN2O2. The summed E-state index contributed by atoms with van der Waals surface area (Å²) < 4.78 is 11.2. The minimum atomic E-state index is 0. The molecule has 1 aliphatic rings. The van der Waals surface area contributed by atoms with Gasteiger partial charge in [-0.1, -0.05) is 48.5 Å². The molecule has 0 spiro atoms.